The number of rotatable bonds is 7. The maximum atomic E-state index is 11.4. The molecule has 0 bridgehead atoms. The molecule has 0 atom stereocenters. The van der Waals surface area contributed by atoms with Crippen LogP contribution in [0.25, 0.3) is 0 Å². The Morgan fingerprint density at radius 3 is 2.54 bits per heavy atom. The van der Waals surface area contributed by atoms with E-state index in [2.05, 4.69) is 10.1 Å². The number of nitrogens with zero attached hydrogens (tertiary/aromatic N) is 2. The summed E-state index contributed by atoms with van der Waals surface area (Å²) in [6.07, 6.45) is 0.359. The minimum Gasteiger partial charge on any atom is -0.505 e. The number of aromatic carboxylic acids is 1. The molecular formula is C19H15ClN2O6. The van der Waals surface area contributed by atoms with Crippen LogP contribution in [-0.4, -0.2) is 32.1 Å². The van der Waals surface area contributed by atoms with Crippen molar-refractivity contribution in [3.05, 3.63) is 69.8 Å². The third kappa shape index (κ3) is 4.29. The largest absolute Gasteiger partial charge is 0.505 e. The van der Waals surface area contributed by atoms with Gasteiger partial charge >= 0.3 is 5.97 Å². The highest BCUT2D eigenvalue weighted by Crippen LogP contribution is 2.36. The van der Waals surface area contributed by atoms with E-state index in [1.54, 1.807) is 12.1 Å². The third-order valence-electron chi connectivity index (χ3n) is 3.88. The van der Waals surface area contributed by atoms with Crippen LogP contribution in [-0.2, 0) is 13.0 Å². The van der Waals surface area contributed by atoms with E-state index in [-0.39, 0.29) is 45.9 Å². The Hall–Kier alpha value is -3.39. The first kappa shape index (κ1) is 19.4. The molecule has 0 fully saturated rings. The molecule has 1 heterocycles. The number of halogens is 1. The van der Waals surface area contributed by atoms with Gasteiger partial charge in [0.2, 0.25) is 0 Å². The number of ketones is 1. The lowest BCUT2D eigenvalue weighted by Gasteiger charge is -2.09. The fourth-order valence-corrected chi connectivity index (χ4v) is 2.67. The van der Waals surface area contributed by atoms with Crippen molar-refractivity contribution in [1.82, 2.24) is 10.1 Å². The van der Waals surface area contributed by atoms with Gasteiger partial charge in [0, 0.05) is 6.42 Å². The van der Waals surface area contributed by atoms with E-state index < -0.39 is 5.97 Å². The van der Waals surface area contributed by atoms with Crippen LogP contribution in [0.3, 0.4) is 0 Å². The standard InChI is InChI=1S/C19H15ClN2O6/c1-10(23)13-6-7-14(17(20)18(13)24)27-9-16-21-15(22-28-16)8-11-2-4-12(5-3-11)19(25)26/h2-7,24H,8-9H2,1H3,(H,25,26). The number of hydrogen-bond acceptors (Lipinski definition) is 7. The smallest absolute Gasteiger partial charge is 0.335 e. The van der Waals surface area contributed by atoms with Gasteiger partial charge in [-0.3, -0.25) is 4.79 Å². The summed E-state index contributed by atoms with van der Waals surface area (Å²) in [6, 6.07) is 9.24. The van der Waals surface area contributed by atoms with Gasteiger partial charge < -0.3 is 19.5 Å². The second-order valence-corrected chi connectivity index (χ2v) is 6.28. The summed E-state index contributed by atoms with van der Waals surface area (Å²) in [5.74, 6) is -0.878. The molecule has 0 amide bonds. The van der Waals surface area contributed by atoms with Crippen molar-refractivity contribution < 1.29 is 29.1 Å². The van der Waals surface area contributed by atoms with Crippen LogP contribution in [0.1, 0.15) is 44.9 Å². The fraction of sp³-hybridized carbons (Fsp3) is 0.158. The molecule has 3 rings (SSSR count). The summed E-state index contributed by atoms with van der Waals surface area (Å²) < 4.78 is 10.6. The number of aromatic hydroxyl groups is 1. The molecule has 0 aliphatic heterocycles. The van der Waals surface area contributed by atoms with Crippen LogP contribution in [0.5, 0.6) is 11.5 Å². The van der Waals surface area contributed by atoms with Gasteiger partial charge in [-0.2, -0.15) is 4.98 Å². The first-order valence-electron chi connectivity index (χ1n) is 8.14. The Balaban J connectivity index is 1.64. The van der Waals surface area contributed by atoms with Crippen LogP contribution in [0.4, 0.5) is 0 Å². The molecule has 0 aliphatic rings. The zero-order chi connectivity index (χ0) is 20.3. The van der Waals surface area contributed by atoms with Crippen molar-refractivity contribution >= 4 is 23.4 Å². The molecule has 0 unspecified atom stereocenters. The van der Waals surface area contributed by atoms with Crippen molar-refractivity contribution in [2.75, 3.05) is 0 Å². The van der Waals surface area contributed by atoms with Gasteiger partial charge in [0.05, 0.1) is 11.1 Å². The SMILES string of the molecule is CC(=O)c1ccc(OCc2nc(Cc3ccc(C(=O)O)cc3)no2)c(Cl)c1O. The number of aromatic nitrogens is 2. The minimum absolute atomic E-state index is 0.0778. The highest BCUT2D eigenvalue weighted by molar-refractivity contribution is 6.34. The van der Waals surface area contributed by atoms with E-state index in [9.17, 15) is 14.7 Å². The Morgan fingerprint density at radius 1 is 1.18 bits per heavy atom. The lowest BCUT2D eigenvalue weighted by Crippen LogP contribution is -2.00. The Kier molecular flexibility index (Phi) is 5.60. The molecular weight excluding hydrogens is 388 g/mol. The predicted octanol–water partition coefficient (Wildman–Crippen LogP) is 3.50. The number of phenols is 1. The molecule has 0 radical (unpaired) electrons. The molecule has 9 heteroatoms. The summed E-state index contributed by atoms with van der Waals surface area (Å²) in [6.45, 7) is 1.24. The lowest BCUT2D eigenvalue weighted by atomic mass is 10.1. The van der Waals surface area contributed by atoms with E-state index in [0.717, 1.165) is 5.56 Å². The molecule has 2 N–H and O–H groups in total. The van der Waals surface area contributed by atoms with E-state index in [0.29, 0.717) is 12.2 Å². The van der Waals surface area contributed by atoms with E-state index >= 15 is 0 Å². The summed E-state index contributed by atoms with van der Waals surface area (Å²) in [7, 11) is 0. The molecule has 144 valence electrons. The minimum atomic E-state index is -0.994. The second-order valence-electron chi connectivity index (χ2n) is 5.90. The van der Waals surface area contributed by atoms with E-state index in [4.69, 9.17) is 26.0 Å². The first-order valence-corrected chi connectivity index (χ1v) is 8.52. The van der Waals surface area contributed by atoms with Crippen LogP contribution in [0.2, 0.25) is 5.02 Å². The summed E-state index contributed by atoms with van der Waals surface area (Å²) in [5, 5.41) is 22.6. The lowest BCUT2D eigenvalue weighted by molar-refractivity contribution is 0.0696. The molecule has 3 aromatic rings. The fourth-order valence-electron chi connectivity index (χ4n) is 2.45. The molecule has 8 nitrogen and oxygen atoms in total. The Labute approximate surface area is 164 Å². The zero-order valence-electron chi connectivity index (χ0n) is 14.7. The van der Waals surface area contributed by atoms with Crippen molar-refractivity contribution in [2.45, 2.75) is 20.0 Å². The number of Topliss-reactive ketones (excluding diaryl/α,β-unsaturated/α-hetero) is 1. The van der Waals surface area contributed by atoms with E-state index in [1.165, 1.54) is 31.2 Å². The number of benzene rings is 2. The number of ether oxygens (including phenoxy) is 1. The van der Waals surface area contributed by atoms with Crippen LogP contribution in [0, 0.1) is 0 Å². The van der Waals surface area contributed by atoms with Crippen LogP contribution >= 0.6 is 11.6 Å². The van der Waals surface area contributed by atoms with Gasteiger partial charge in [-0.05, 0) is 36.8 Å². The number of phenolic OH excluding ortho intramolecular Hbond substituents is 1. The molecule has 28 heavy (non-hydrogen) atoms. The van der Waals surface area contributed by atoms with Gasteiger partial charge in [-0.25, -0.2) is 4.79 Å². The average molecular weight is 403 g/mol. The number of carboxylic acid groups (broad SMARTS) is 1. The molecule has 0 saturated heterocycles. The Morgan fingerprint density at radius 2 is 1.89 bits per heavy atom. The summed E-state index contributed by atoms with van der Waals surface area (Å²) >= 11 is 6.02. The molecule has 2 aromatic carbocycles. The normalized spacial score (nSPS) is 10.6. The average Bonchev–Trinajstić information content (AvgIpc) is 3.10. The van der Waals surface area contributed by atoms with Crippen molar-refractivity contribution in [1.29, 1.82) is 0 Å². The molecule has 1 aromatic heterocycles. The predicted molar refractivity (Wildman–Crippen MR) is 98.0 cm³/mol. The van der Waals surface area contributed by atoms with Gasteiger partial charge in [0.1, 0.15) is 16.5 Å². The highest BCUT2D eigenvalue weighted by atomic mass is 35.5. The van der Waals surface area contributed by atoms with Crippen molar-refractivity contribution in [3.8, 4) is 11.5 Å². The quantitative estimate of drug-likeness (QED) is 0.575. The Bertz CT molecular complexity index is 1030. The number of carbonyl (C=O) groups is 2. The third-order valence-corrected chi connectivity index (χ3v) is 4.25. The summed E-state index contributed by atoms with van der Waals surface area (Å²) in [5.41, 5.74) is 1.12. The zero-order valence-corrected chi connectivity index (χ0v) is 15.4. The molecule has 0 spiro atoms. The van der Waals surface area contributed by atoms with Gasteiger partial charge in [0.15, 0.2) is 18.2 Å². The first-order chi connectivity index (χ1) is 13.3. The topological polar surface area (TPSA) is 123 Å². The van der Waals surface area contributed by atoms with Crippen molar-refractivity contribution in [2.24, 2.45) is 0 Å². The number of carboxylic acids is 1. The maximum Gasteiger partial charge on any atom is 0.335 e. The van der Waals surface area contributed by atoms with Crippen molar-refractivity contribution in [3.63, 3.8) is 0 Å². The second kappa shape index (κ2) is 8.10. The van der Waals surface area contributed by atoms with Gasteiger partial charge in [-0.1, -0.05) is 28.9 Å². The van der Waals surface area contributed by atoms with Gasteiger partial charge in [-0.15, -0.1) is 0 Å². The highest BCUT2D eigenvalue weighted by Gasteiger charge is 2.16. The van der Waals surface area contributed by atoms with Crippen LogP contribution < -0.4 is 4.74 Å². The van der Waals surface area contributed by atoms with Gasteiger partial charge in [0.25, 0.3) is 5.89 Å². The van der Waals surface area contributed by atoms with Crippen LogP contribution in [0.15, 0.2) is 40.9 Å². The maximum absolute atomic E-state index is 11.4. The monoisotopic (exact) mass is 402 g/mol. The number of hydrogen-bond donors (Lipinski definition) is 2. The molecule has 0 saturated carbocycles. The van der Waals surface area contributed by atoms with E-state index in [1.807, 2.05) is 0 Å². The molecule has 0 aliphatic carbocycles. The summed E-state index contributed by atoms with van der Waals surface area (Å²) in [4.78, 5) is 26.5. The number of carbonyl (C=O) groups excluding carboxylic acids is 1.